The van der Waals surface area contributed by atoms with E-state index in [2.05, 4.69) is 97.1 Å². The van der Waals surface area contributed by atoms with Gasteiger partial charge in [0, 0.05) is 16.5 Å². The van der Waals surface area contributed by atoms with Crippen molar-refractivity contribution in [1.82, 2.24) is 0 Å². The monoisotopic (exact) mass is 524 g/mol. The van der Waals surface area contributed by atoms with Crippen LogP contribution in [0, 0.1) is 0 Å². The van der Waals surface area contributed by atoms with Gasteiger partial charge in [0.15, 0.2) is 0 Å². The topological polar surface area (TPSA) is 0 Å². The van der Waals surface area contributed by atoms with E-state index >= 15 is 0 Å². The summed E-state index contributed by atoms with van der Waals surface area (Å²) in [6, 6.07) is 42.2. The third-order valence-electron chi connectivity index (χ3n) is 4.86. The number of alkyl halides is 2. The van der Waals surface area contributed by atoms with Gasteiger partial charge in [0.1, 0.15) is 0 Å². The molecule has 0 amide bonds. The van der Waals surface area contributed by atoms with Crippen molar-refractivity contribution in [1.29, 1.82) is 0 Å². The molecule has 0 saturated carbocycles. The van der Waals surface area contributed by atoms with E-state index in [4.69, 9.17) is 23.2 Å². The summed E-state index contributed by atoms with van der Waals surface area (Å²) in [5, 5.41) is 4.58. The molecule has 0 N–H and O–H groups in total. The summed E-state index contributed by atoms with van der Waals surface area (Å²) in [4.78, 5) is 0. The van der Waals surface area contributed by atoms with Crippen LogP contribution >= 0.6 is 39.0 Å². The maximum Gasteiger partial charge on any atom is 0.0824 e. The zero-order valence-corrected chi connectivity index (χ0v) is 21.0. The molecular weight excluding hydrogens is 504 g/mol. The van der Waals surface area contributed by atoms with Gasteiger partial charge in [-0.25, -0.2) is 0 Å². The molecule has 0 bridgehead atoms. The zero-order valence-electron chi connectivity index (χ0n) is 16.7. The fraction of sp³-hybridized carbons (Fsp3) is 0.0769. The van der Waals surface area contributed by atoms with Crippen molar-refractivity contribution in [2.24, 2.45) is 0 Å². The van der Waals surface area contributed by atoms with Crippen molar-refractivity contribution < 1.29 is 16.5 Å². The first kappa shape index (κ1) is 24.5. The molecule has 2 unspecified atom stereocenters. The first-order valence-corrected chi connectivity index (χ1v) is 13.5. The van der Waals surface area contributed by atoms with Crippen molar-refractivity contribution in [3.8, 4) is 0 Å². The molecule has 0 radical (unpaired) electrons. The van der Waals surface area contributed by atoms with Gasteiger partial charge in [0.05, 0.1) is 10.2 Å². The van der Waals surface area contributed by atoms with Gasteiger partial charge in [-0.2, -0.15) is 0 Å². The number of hydrogen-bond donors (Lipinski definition) is 0. The molecule has 0 spiro atoms. The molecule has 0 aliphatic carbocycles. The van der Waals surface area contributed by atoms with Crippen molar-refractivity contribution in [2.45, 2.75) is 10.2 Å². The minimum absolute atomic E-state index is 0. The van der Waals surface area contributed by atoms with Crippen LogP contribution in [0.1, 0.15) is 0 Å². The zero-order chi connectivity index (χ0) is 20.8. The SMILES string of the molecule is ClC(C(Cl)P(c1ccccc1)c1ccccc1)P(c1ccccc1)c1ccccc1.[Ni]. The van der Waals surface area contributed by atoms with E-state index in [0.29, 0.717) is 0 Å². The van der Waals surface area contributed by atoms with Crippen LogP contribution in [-0.2, 0) is 16.5 Å². The van der Waals surface area contributed by atoms with E-state index < -0.39 is 15.8 Å². The van der Waals surface area contributed by atoms with Crippen LogP contribution in [0.3, 0.4) is 0 Å². The van der Waals surface area contributed by atoms with Gasteiger partial charge in [0.2, 0.25) is 0 Å². The van der Waals surface area contributed by atoms with E-state index in [1.807, 2.05) is 24.3 Å². The van der Waals surface area contributed by atoms with E-state index in [9.17, 15) is 0 Å². The molecule has 5 heteroatoms. The smallest absolute Gasteiger partial charge is 0.0824 e. The molecular formula is C26H22Cl2NiP2. The maximum atomic E-state index is 7.27. The fourth-order valence-electron chi connectivity index (χ4n) is 3.47. The van der Waals surface area contributed by atoms with Crippen LogP contribution in [0.2, 0.25) is 0 Å². The Morgan fingerprint density at radius 2 is 0.581 bits per heavy atom. The largest absolute Gasteiger partial charge is 0.115 e. The number of benzene rings is 4. The number of halogens is 2. The number of rotatable bonds is 7. The average Bonchev–Trinajstić information content (AvgIpc) is 2.82. The molecule has 31 heavy (non-hydrogen) atoms. The molecule has 0 saturated heterocycles. The molecule has 0 aliphatic rings. The van der Waals surface area contributed by atoms with Gasteiger partial charge in [0.25, 0.3) is 0 Å². The summed E-state index contributed by atoms with van der Waals surface area (Å²) in [7, 11) is -1.63. The summed E-state index contributed by atoms with van der Waals surface area (Å²) in [5.41, 5.74) is 0. The summed E-state index contributed by atoms with van der Waals surface area (Å²) in [5.74, 6) is 0. The Balaban J connectivity index is 0.00000272. The van der Waals surface area contributed by atoms with Crippen LogP contribution in [0.4, 0.5) is 0 Å². The van der Waals surface area contributed by atoms with Gasteiger partial charge in [-0.3, -0.25) is 0 Å². The van der Waals surface area contributed by atoms with E-state index in [0.717, 1.165) is 0 Å². The Morgan fingerprint density at radius 3 is 0.774 bits per heavy atom. The second kappa shape index (κ2) is 12.2. The van der Waals surface area contributed by atoms with Gasteiger partial charge in [-0.1, -0.05) is 121 Å². The van der Waals surface area contributed by atoms with Crippen molar-refractivity contribution in [3.63, 3.8) is 0 Å². The summed E-state index contributed by atoms with van der Waals surface area (Å²) < 4.78 is 0. The van der Waals surface area contributed by atoms with Gasteiger partial charge < -0.3 is 0 Å². The quantitative estimate of drug-likeness (QED) is 0.149. The van der Waals surface area contributed by atoms with Crippen molar-refractivity contribution >= 4 is 60.3 Å². The first-order chi connectivity index (χ1) is 14.8. The fourth-order valence-corrected chi connectivity index (χ4v) is 10.5. The molecule has 160 valence electrons. The molecule has 0 aromatic heterocycles. The number of hydrogen-bond acceptors (Lipinski definition) is 0. The molecule has 4 aromatic carbocycles. The summed E-state index contributed by atoms with van der Waals surface area (Å²) in [6.45, 7) is 0. The molecule has 4 rings (SSSR count). The molecule has 2 atom stereocenters. The van der Waals surface area contributed by atoms with E-state index in [-0.39, 0.29) is 26.7 Å². The van der Waals surface area contributed by atoms with Gasteiger partial charge >= 0.3 is 0 Å². The average molecular weight is 526 g/mol. The van der Waals surface area contributed by atoms with E-state index in [1.165, 1.54) is 21.2 Å². The Labute approximate surface area is 207 Å². The standard InChI is InChI=1S/C26H22Cl2P2.Ni/c27-25(29(21-13-5-1-6-14-21)22-15-7-2-8-16-22)26(28)30(23-17-9-3-10-18-23)24-19-11-4-12-20-24;/h1-20,25-26H;. The van der Waals surface area contributed by atoms with Crippen LogP contribution in [-0.4, -0.2) is 10.2 Å². The van der Waals surface area contributed by atoms with Crippen molar-refractivity contribution in [2.75, 3.05) is 0 Å². The second-order valence-electron chi connectivity index (χ2n) is 6.83. The molecule has 0 aliphatic heterocycles. The van der Waals surface area contributed by atoms with Crippen LogP contribution < -0.4 is 21.2 Å². The summed E-state index contributed by atoms with van der Waals surface area (Å²) in [6.07, 6.45) is 0. The molecule has 4 aromatic rings. The van der Waals surface area contributed by atoms with Gasteiger partial charge in [-0.05, 0) is 37.1 Å². The first-order valence-electron chi connectivity index (χ1n) is 9.82. The third-order valence-corrected chi connectivity index (χ3v) is 12.2. The predicted molar refractivity (Wildman–Crippen MR) is 137 cm³/mol. The maximum absolute atomic E-state index is 7.27. The molecule has 0 heterocycles. The predicted octanol–water partition coefficient (Wildman–Crippen LogP) is 6.38. The summed E-state index contributed by atoms with van der Waals surface area (Å²) >= 11 is 14.5. The van der Waals surface area contributed by atoms with Gasteiger partial charge in [-0.15, -0.1) is 23.2 Å². The third kappa shape index (κ3) is 5.99. The molecule has 0 nitrogen and oxygen atoms in total. The van der Waals surface area contributed by atoms with Crippen LogP contribution in [0.15, 0.2) is 121 Å². The Morgan fingerprint density at radius 1 is 0.387 bits per heavy atom. The Kier molecular flexibility index (Phi) is 9.59. The second-order valence-corrected chi connectivity index (χ2v) is 13.0. The Bertz CT molecular complexity index is 868. The van der Waals surface area contributed by atoms with Crippen LogP contribution in [0.25, 0.3) is 0 Å². The minimum atomic E-state index is -0.815. The van der Waals surface area contributed by atoms with Crippen molar-refractivity contribution in [3.05, 3.63) is 121 Å². The van der Waals surface area contributed by atoms with Crippen LogP contribution in [0.5, 0.6) is 0 Å². The Hall–Kier alpha value is -1.19. The normalized spacial score (nSPS) is 12.9. The molecule has 0 fully saturated rings. The van der Waals surface area contributed by atoms with E-state index in [1.54, 1.807) is 0 Å². The minimum Gasteiger partial charge on any atom is -0.115 e.